The third kappa shape index (κ3) is 5.08. The van der Waals surface area contributed by atoms with E-state index < -0.39 is 0 Å². The zero-order valence-electron chi connectivity index (χ0n) is 15.4. The lowest BCUT2D eigenvalue weighted by Crippen LogP contribution is -2.45. The van der Waals surface area contributed by atoms with Crippen LogP contribution in [-0.4, -0.2) is 54.3 Å². The number of anilines is 2. The van der Waals surface area contributed by atoms with Gasteiger partial charge in [0.1, 0.15) is 5.82 Å². The number of morpholine rings is 1. The summed E-state index contributed by atoms with van der Waals surface area (Å²) in [5.74, 6) is 0.936. The molecule has 1 aromatic heterocycles. The Kier molecular flexibility index (Phi) is 6.13. The number of hydrogen-bond acceptors (Lipinski definition) is 4. The van der Waals surface area contributed by atoms with E-state index in [4.69, 9.17) is 4.74 Å². The molecule has 138 valence electrons. The molecule has 0 aromatic carbocycles. The summed E-state index contributed by atoms with van der Waals surface area (Å²) in [5.41, 5.74) is 0.755. The van der Waals surface area contributed by atoms with Crippen molar-refractivity contribution in [2.75, 3.05) is 36.4 Å². The summed E-state index contributed by atoms with van der Waals surface area (Å²) >= 11 is 0. The van der Waals surface area contributed by atoms with E-state index in [2.05, 4.69) is 29.0 Å². The maximum Gasteiger partial charge on any atom is 0.321 e. The van der Waals surface area contributed by atoms with Crippen LogP contribution in [-0.2, 0) is 4.74 Å². The van der Waals surface area contributed by atoms with Crippen molar-refractivity contribution in [3.63, 3.8) is 0 Å². The number of carbonyl (C=O) groups excluding carboxylic acids is 1. The van der Waals surface area contributed by atoms with E-state index in [9.17, 15) is 4.79 Å². The molecule has 1 aromatic rings. The van der Waals surface area contributed by atoms with Gasteiger partial charge < -0.3 is 19.9 Å². The van der Waals surface area contributed by atoms with Gasteiger partial charge in [0.25, 0.3) is 0 Å². The van der Waals surface area contributed by atoms with Crippen molar-refractivity contribution in [1.29, 1.82) is 0 Å². The van der Waals surface area contributed by atoms with Gasteiger partial charge in [-0.15, -0.1) is 0 Å². The fraction of sp³-hybridized carbons (Fsp3) is 0.684. The standard InChI is InChI=1S/C19H30N4O2/c1-15-13-23(14-16(2)25-15)18-9-8-17(12-20-18)21-19(24)22-10-6-4-3-5-7-11-22/h8-9,12,15-16H,3-7,10-11,13-14H2,1-2H3,(H,21,24). The Balaban J connectivity index is 1.57. The molecule has 2 unspecified atom stereocenters. The van der Waals surface area contributed by atoms with Gasteiger partial charge in [0.05, 0.1) is 24.1 Å². The molecule has 6 heteroatoms. The van der Waals surface area contributed by atoms with E-state index in [0.717, 1.165) is 50.5 Å². The molecule has 0 radical (unpaired) electrons. The van der Waals surface area contributed by atoms with E-state index >= 15 is 0 Å². The topological polar surface area (TPSA) is 57.7 Å². The van der Waals surface area contributed by atoms with Gasteiger partial charge in [0, 0.05) is 26.2 Å². The van der Waals surface area contributed by atoms with Crippen molar-refractivity contribution in [2.45, 2.75) is 58.2 Å². The van der Waals surface area contributed by atoms with Crippen LogP contribution in [0.15, 0.2) is 18.3 Å². The Hall–Kier alpha value is -1.82. The highest BCUT2D eigenvalue weighted by Gasteiger charge is 2.23. The van der Waals surface area contributed by atoms with E-state index in [1.54, 1.807) is 6.20 Å². The van der Waals surface area contributed by atoms with Crippen LogP contribution in [0, 0.1) is 0 Å². The van der Waals surface area contributed by atoms with Gasteiger partial charge in [0.15, 0.2) is 0 Å². The molecule has 2 atom stereocenters. The molecule has 0 bridgehead atoms. The molecule has 1 N–H and O–H groups in total. The number of ether oxygens (including phenoxy) is 1. The second-order valence-corrected chi connectivity index (χ2v) is 7.25. The van der Waals surface area contributed by atoms with Gasteiger partial charge in [-0.05, 0) is 38.8 Å². The summed E-state index contributed by atoms with van der Waals surface area (Å²) in [6.07, 6.45) is 8.08. The summed E-state index contributed by atoms with van der Waals surface area (Å²) < 4.78 is 5.77. The lowest BCUT2D eigenvalue weighted by molar-refractivity contribution is -0.00545. The highest BCUT2D eigenvalue weighted by atomic mass is 16.5. The SMILES string of the molecule is CC1CN(c2ccc(NC(=O)N3CCCCCCC3)cn2)CC(C)O1. The molecule has 2 amide bonds. The molecular formula is C19H30N4O2. The average Bonchev–Trinajstić information content (AvgIpc) is 2.54. The summed E-state index contributed by atoms with van der Waals surface area (Å²) in [6, 6.07) is 3.91. The summed E-state index contributed by atoms with van der Waals surface area (Å²) in [7, 11) is 0. The number of nitrogens with one attached hydrogen (secondary N) is 1. The minimum atomic E-state index is -0.00920. The van der Waals surface area contributed by atoms with Crippen LogP contribution in [0.25, 0.3) is 0 Å². The molecule has 3 rings (SSSR count). The van der Waals surface area contributed by atoms with E-state index in [-0.39, 0.29) is 18.2 Å². The predicted octanol–water partition coefficient (Wildman–Crippen LogP) is 3.49. The first kappa shape index (κ1) is 18.0. The van der Waals surface area contributed by atoms with Gasteiger partial charge in [-0.1, -0.05) is 19.3 Å². The monoisotopic (exact) mass is 346 g/mol. The van der Waals surface area contributed by atoms with Gasteiger partial charge in [-0.25, -0.2) is 9.78 Å². The number of likely N-dealkylation sites (tertiary alicyclic amines) is 1. The number of hydrogen-bond donors (Lipinski definition) is 1. The normalized spacial score (nSPS) is 25.2. The molecule has 2 aliphatic heterocycles. The largest absolute Gasteiger partial charge is 0.372 e. The van der Waals surface area contributed by atoms with E-state index in [1.807, 2.05) is 17.0 Å². The number of pyridine rings is 1. The van der Waals surface area contributed by atoms with Crippen LogP contribution in [0.1, 0.15) is 46.0 Å². The fourth-order valence-corrected chi connectivity index (χ4v) is 3.67. The van der Waals surface area contributed by atoms with Crippen LogP contribution in [0.2, 0.25) is 0 Å². The molecule has 25 heavy (non-hydrogen) atoms. The average molecular weight is 346 g/mol. The summed E-state index contributed by atoms with van der Waals surface area (Å²) in [4.78, 5) is 21.2. The highest BCUT2D eigenvalue weighted by molar-refractivity contribution is 5.89. The Morgan fingerprint density at radius 2 is 1.72 bits per heavy atom. The number of nitrogens with zero attached hydrogens (tertiary/aromatic N) is 3. The highest BCUT2D eigenvalue weighted by Crippen LogP contribution is 2.20. The van der Waals surface area contributed by atoms with Crippen LogP contribution in [0.3, 0.4) is 0 Å². The van der Waals surface area contributed by atoms with Crippen molar-refractivity contribution < 1.29 is 9.53 Å². The van der Waals surface area contributed by atoms with Crippen LogP contribution in [0.4, 0.5) is 16.3 Å². The first-order valence-electron chi connectivity index (χ1n) is 9.54. The second-order valence-electron chi connectivity index (χ2n) is 7.25. The first-order valence-corrected chi connectivity index (χ1v) is 9.54. The van der Waals surface area contributed by atoms with Gasteiger partial charge in [0.2, 0.25) is 0 Å². The van der Waals surface area contributed by atoms with Crippen molar-refractivity contribution in [3.8, 4) is 0 Å². The number of amides is 2. The Bertz CT molecular complexity index is 545. The van der Waals surface area contributed by atoms with Crippen molar-refractivity contribution in [1.82, 2.24) is 9.88 Å². The third-order valence-electron chi connectivity index (χ3n) is 4.89. The Labute approximate surface area is 150 Å². The molecule has 0 aliphatic carbocycles. The maximum absolute atomic E-state index is 12.5. The maximum atomic E-state index is 12.5. The fourth-order valence-electron chi connectivity index (χ4n) is 3.67. The zero-order valence-corrected chi connectivity index (χ0v) is 15.4. The van der Waals surface area contributed by atoms with Crippen molar-refractivity contribution in [2.24, 2.45) is 0 Å². The number of aromatic nitrogens is 1. The quantitative estimate of drug-likeness (QED) is 0.890. The lowest BCUT2D eigenvalue weighted by atomic mass is 10.1. The Morgan fingerprint density at radius 3 is 2.32 bits per heavy atom. The van der Waals surface area contributed by atoms with Crippen LogP contribution in [0.5, 0.6) is 0 Å². The van der Waals surface area contributed by atoms with Crippen LogP contribution < -0.4 is 10.2 Å². The minimum Gasteiger partial charge on any atom is -0.372 e. The van der Waals surface area contributed by atoms with Gasteiger partial charge in [-0.3, -0.25) is 0 Å². The molecule has 2 fully saturated rings. The zero-order chi connectivity index (χ0) is 17.6. The van der Waals surface area contributed by atoms with Crippen molar-refractivity contribution in [3.05, 3.63) is 18.3 Å². The van der Waals surface area contributed by atoms with Crippen molar-refractivity contribution >= 4 is 17.5 Å². The molecule has 2 saturated heterocycles. The molecule has 0 spiro atoms. The third-order valence-corrected chi connectivity index (χ3v) is 4.89. The van der Waals surface area contributed by atoms with E-state index in [0.29, 0.717) is 0 Å². The number of carbonyl (C=O) groups is 1. The minimum absolute atomic E-state index is 0.00920. The predicted molar refractivity (Wildman–Crippen MR) is 100 cm³/mol. The molecule has 0 saturated carbocycles. The second kappa shape index (κ2) is 8.52. The summed E-state index contributed by atoms with van der Waals surface area (Å²) in [6.45, 7) is 7.55. The summed E-state index contributed by atoms with van der Waals surface area (Å²) in [5, 5.41) is 2.99. The molecule has 6 nitrogen and oxygen atoms in total. The van der Waals surface area contributed by atoms with Gasteiger partial charge >= 0.3 is 6.03 Å². The van der Waals surface area contributed by atoms with Gasteiger partial charge in [-0.2, -0.15) is 0 Å². The lowest BCUT2D eigenvalue weighted by Gasteiger charge is -2.36. The number of urea groups is 1. The van der Waals surface area contributed by atoms with Crippen LogP contribution >= 0.6 is 0 Å². The molecular weight excluding hydrogens is 316 g/mol. The Morgan fingerprint density at radius 1 is 1.08 bits per heavy atom. The molecule has 2 aliphatic rings. The first-order chi connectivity index (χ1) is 12.1. The number of rotatable bonds is 2. The molecule has 3 heterocycles. The smallest absolute Gasteiger partial charge is 0.321 e. The van der Waals surface area contributed by atoms with E-state index in [1.165, 1.54) is 19.3 Å².